The van der Waals surface area contributed by atoms with Crippen molar-refractivity contribution in [1.29, 1.82) is 5.41 Å². The average molecular weight is 249 g/mol. The Morgan fingerprint density at radius 3 is 3.11 bits per heavy atom. The molecule has 0 amide bonds. The first-order valence-electron chi connectivity index (χ1n) is 6.02. The van der Waals surface area contributed by atoms with Crippen LogP contribution in [0.5, 0.6) is 0 Å². The second kappa shape index (κ2) is 5.32. The molecule has 98 valence electrons. The summed E-state index contributed by atoms with van der Waals surface area (Å²) in [5, 5.41) is 20.8. The van der Waals surface area contributed by atoms with E-state index in [1.54, 1.807) is 4.68 Å². The number of aliphatic hydroxyl groups excluding tert-OH is 1. The van der Waals surface area contributed by atoms with Crippen molar-refractivity contribution in [2.75, 3.05) is 13.1 Å². The maximum atomic E-state index is 9.49. The molecule has 4 N–H and O–H groups in total. The quantitative estimate of drug-likeness (QED) is 0.663. The van der Waals surface area contributed by atoms with E-state index >= 15 is 0 Å². The highest BCUT2D eigenvalue weighted by atomic mass is 16.3. The fourth-order valence-electron chi connectivity index (χ4n) is 2.14. The van der Waals surface area contributed by atoms with Crippen molar-refractivity contribution in [3.63, 3.8) is 0 Å². The first kappa shape index (κ1) is 12.8. The summed E-state index contributed by atoms with van der Waals surface area (Å²) >= 11 is 0. The number of aromatic nitrogens is 2. The van der Waals surface area contributed by atoms with Gasteiger partial charge in [-0.1, -0.05) is 0 Å². The summed E-state index contributed by atoms with van der Waals surface area (Å²) in [4.78, 5) is 2.20. The van der Waals surface area contributed by atoms with Crippen LogP contribution in [0.2, 0.25) is 0 Å². The summed E-state index contributed by atoms with van der Waals surface area (Å²) in [6.07, 6.45) is 5.15. The normalized spacial score (nSPS) is 21.4. The van der Waals surface area contributed by atoms with Gasteiger partial charge >= 0.3 is 0 Å². The molecule has 0 spiro atoms. The van der Waals surface area contributed by atoms with Gasteiger partial charge in [-0.2, -0.15) is 5.10 Å². The van der Waals surface area contributed by atoms with Crippen LogP contribution in [0, 0.1) is 12.3 Å². The summed E-state index contributed by atoms with van der Waals surface area (Å²) in [5.74, 6) is 0.431. The molecular formula is C12H19N5O. The molecule has 0 aliphatic carbocycles. The molecule has 2 rings (SSSR count). The first-order chi connectivity index (χ1) is 8.60. The lowest BCUT2D eigenvalue weighted by molar-refractivity contribution is 0.174. The maximum Gasteiger partial charge on any atom is 0.126 e. The standard InChI is InChI=1S/C12H19N5O/c1-9-10(6-16-5-3-11(18)8-16)7-17(15-9)12(14)2-4-13/h2,4,7,11,13,18H,3,5-6,8,14H2,1H3/t11-/m1/s1. The van der Waals surface area contributed by atoms with E-state index in [2.05, 4.69) is 10.00 Å². The van der Waals surface area contributed by atoms with Gasteiger partial charge in [-0.25, -0.2) is 4.68 Å². The molecule has 1 aliphatic rings. The number of allylic oxidation sites excluding steroid dienone is 1. The highest BCUT2D eigenvalue weighted by molar-refractivity contribution is 5.75. The molecule has 1 aromatic rings. The van der Waals surface area contributed by atoms with Crippen LogP contribution in [0.1, 0.15) is 17.7 Å². The maximum absolute atomic E-state index is 9.49. The van der Waals surface area contributed by atoms with Crippen molar-refractivity contribution in [3.05, 3.63) is 23.5 Å². The first-order valence-corrected chi connectivity index (χ1v) is 6.02. The van der Waals surface area contributed by atoms with Crippen molar-refractivity contribution in [2.24, 2.45) is 5.73 Å². The number of likely N-dealkylation sites (tertiary alicyclic amines) is 1. The van der Waals surface area contributed by atoms with Crippen LogP contribution in [0.15, 0.2) is 12.3 Å². The Balaban J connectivity index is 2.09. The fourth-order valence-corrected chi connectivity index (χ4v) is 2.14. The van der Waals surface area contributed by atoms with E-state index in [-0.39, 0.29) is 6.10 Å². The van der Waals surface area contributed by atoms with Gasteiger partial charge in [0.05, 0.1) is 11.8 Å². The zero-order valence-electron chi connectivity index (χ0n) is 10.5. The molecule has 0 unspecified atom stereocenters. The molecular weight excluding hydrogens is 230 g/mol. The third-order valence-corrected chi connectivity index (χ3v) is 3.16. The summed E-state index contributed by atoms with van der Waals surface area (Å²) in [6, 6.07) is 0. The largest absolute Gasteiger partial charge is 0.392 e. The predicted octanol–water partition coefficient (Wildman–Crippen LogP) is 0.165. The second-order valence-electron chi connectivity index (χ2n) is 4.62. The Kier molecular flexibility index (Phi) is 3.78. The smallest absolute Gasteiger partial charge is 0.126 e. The van der Waals surface area contributed by atoms with Crippen molar-refractivity contribution in [2.45, 2.75) is 26.0 Å². The topological polar surface area (TPSA) is 91.2 Å². The van der Waals surface area contributed by atoms with Crippen LogP contribution in [0.3, 0.4) is 0 Å². The lowest BCUT2D eigenvalue weighted by Crippen LogP contribution is -2.21. The number of nitrogens with zero attached hydrogens (tertiary/aromatic N) is 3. The van der Waals surface area contributed by atoms with Crippen LogP contribution in [0.4, 0.5) is 0 Å². The average Bonchev–Trinajstić information content (AvgIpc) is 2.87. The molecule has 1 aromatic heterocycles. The summed E-state index contributed by atoms with van der Waals surface area (Å²) in [6.45, 7) is 4.35. The number of aryl methyl sites for hydroxylation is 1. The molecule has 0 saturated carbocycles. The van der Waals surface area contributed by atoms with Crippen LogP contribution >= 0.6 is 0 Å². The lowest BCUT2D eigenvalue weighted by Gasteiger charge is -2.13. The molecule has 1 aliphatic heterocycles. The van der Waals surface area contributed by atoms with Gasteiger partial charge < -0.3 is 16.2 Å². The van der Waals surface area contributed by atoms with Gasteiger partial charge in [0, 0.05) is 37.6 Å². The van der Waals surface area contributed by atoms with Crippen LogP contribution < -0.4 is 5.73 Å². The highest BCUT2D eigenvalue weighted by Crippen LogP contribution is 2.16. The molecule has 1 atom stereocenters. The van der Waals surface area contributed by atoms with Gasteiger partial charge in [0.15, 0.2) is 0 Å². The number of β-amino-alcohol motifs (C(OH)–C–C–N with tert-alkyl or cyclic N) is 1. The number of hydrogen-bond donors (Lipinski definition) is 3. The van der Waals surface area contributed by atoms with Crippen molar-refractivity contribution in [1.82, 2.24) is 14.7 Å². The number of nitrogens with one attached hydrogen (secondary N) is 1. The minimum Gasteiger partial charge on any atom is -0.392 e. The van der Waals surface area contributed by atoms with Crippen LogP contribution in [-0.4, -0.2) is 45.2 Å². The van der Waals surface area contributed by atoms with Gasteiger partial charge in [0.1, 0.15) is 5.82 Å². The van der Waals surface area contributed by atoms with E-state index in [1.165, 1.54) is 6.08 Å². The Hall–Kier alpha value is -1.66. The Labute approximate surface area is 106 Å². The van der Waals surface area contributed by atoms with E-state index < -0.39 is 0 Å². The number of nitrogens with two attached hydrogens (primary N) is 1. The minimum absolute atomic E-state index is 0.205. The SMILES string of the molecule is Cc1nn(C(N)=CC=N)cc1CN1CC[C@@H](O)C1. The predicted molar refractivity (Wildman–Crippen MR) is 70.1 cm³/mol. The molecule has 1 fully saturated rings. The fraction of sp³-hybridized carbons (Fsp3) is 0.500. The third kappa shape index (κ3) is 2.77. The number of rotatable bonds is 4. The van der Waals surface area contributed by atoms with Crippen molar-refractivity contribution >= 4 is 12.0 Å². The van der Waals surface area contributed by atoms with Gasteiger partial charge in [-0.3, -0.25) is 4.90 Å². The second-order valence-corrected chi connectivity index (χ2v) is 4.62. The highest BCUT2D eigenvalue weighted by Gasteiger charge is 2.21. The van der Waals surface area contributed by atoms with E-state index in [0.29, 0.717) is 5.82 Å². The van der Waals surface area contributed by atoms with E-state index in [1.807, 2.05) is 13.1 Å². The molecule has 6 nitrogen and oxygen atoms in total. The zero-order chi connectivity index (χ0) is 13.1. The molecule has 6 heteroatoms. The summed E-state index contributed by atoms with van der Waals surface area (Å²) in [5.41, 5.74) is 7.81. The molecule has 2 heterocycles. The molecule has 0 radical (unpaired) electrons. The third-order valence-electron chi connectivity index (χ3n) is 3.16. The Morgan fingerprint density at radius 1 is 1.72 bits per heavy atom. The van der Waals surface area contributed by atoms with E-state index in [0.717, 1.165) is 43.5 Å². The Bertz CT molecular complexity index is 465. The number of aliphatic hydroxyl groups is 1. The monoisotopic (exact) mass is 249 g/mol. The van der Waals surface area contributed by atoms with Gasteiger partial charge in [-0.05, 0) is 19.4 Å². The van der Waals surface area contributed by atoms with Crippen molar-refractivity contribution < 1.29 is 5.11 Å². The molecule has 1 saturated heterocycles. The number of hydrogen-bond acceptors (Lipinski definition) is 5. The van der Waals surface area contributed by atoms with Gasteiger partial charge in [-0.15, -0.1) is 0 Å². The van der Waals surface area contributed by atoms with Crippen LogP contribution in [-0.2, 0) is 6.54 Å². The molecule has 0 aromatic carbocycles. The van der Waals surface area contributed by atoms with E-state index in [4.69, 9.17) is 11.1 Å². The Morgan fingerprint density at radius 2 is 2.50 bits per heavy atom. The molecule has 18 heavy (non-hydrogen) atoms. The lowest BCUT2D eigenvalue weighted by atomic mass is 10.2. The summed E-state index contributed by atoms with van der Waals surface area (Å²) in [7, 11) is 0. The van der Waals surface area contributed by atoms with Gasteiger partial charge in [0.2, 0.25) is 0 Å². The molecule has 0 bridgehead atoms. The van der Waals surface area contributed by atoms with E-state index in [9.17, 15) is 5.11 Å². The van der Waals surface area contributed by atoms with Crippen LogP contribution in [0.25, 0.3) is 5.82 Å². The minimum atomic E-state index is -0.205. The van der Waals surface area contributed by atoms with Gasteiger partial charge in [0.25, 0.3) is 0 Å². The van der Waals surface area contributed by atoms with Crippen molar-refractivity contribution in [3.8, 4) is 0 Å². The summed E-state index contributed by atoms with van der Waals surface area (Å²) < 4.78 is 1.59. The zero-order valence-corrected chi connectivity index (χ0v) is 10.5.